The molecular weight excluding hydrogens is 178 g/mol. The van der Waals surface area contributed by atoms with E-state index in [2.05, 4.69) is 4.98 Å². The Morgan fingerprint density at radius 1 is 1.55 bits per heavy atom. The van der Waals surface area contributed by atoms with Gasteiger partial charge in [0.25, 0.3) is 0 Å². The molecule has 2 nitrogen and oxygen atoms in total. The highest BCUT2D eigenvalue weighted by molar-refractivity contribution is 8.76. The third-order valence-electron chi connectivity index (χ3n) is 0.918. The summed E-state index contributed by atoms with van der Waals surface area (Å²) in [5.41, 5.74) is 0. The van der Waals surface area contributed by atoms with E-state index in [1.165, 1.54) is 21.6 Å². The molecule has 1 aromatic heterocycles. The highest BCUT2D eigenvalue weighted by Crippen LogP contribution is 2.27. The molecule has 0 aliphatic heterocycles. The summed E-state index contributed by atoms with van der Waals surface area (Å²) >= 11 is 0. The molecule has 1 rings (SSSR count). The Balaban J connectivity index is 2.33. The Morgan fingerprint density at radius 3 is 3.09 bits per heavy atom. The van der Waals surface area contributed by atoms with Gasteiger partial charge in [0.1, 0.15) is 11.3 Å². The number of aromatic nitrogens is 1. The quantitative estimate of drug-likeness (QED) is 0.408. The number of pyridine rings is 1. The zero-order chi connectivity index (χ0) is 7.94. The predicted molar refractivity (Wildman–Crippen MR) is 48.6 cm³/mol. The fourth-order valence-electron chi connectivity index (χ4n) is 0.519. The summed E-state index contributed by atoms with van der Waals surface area (Å²) in [7, 11) is 3.01. The van der Waals surface area contributed by atoms with Gasteiger partial charge in [0, 0.05) is 6.20 Å². The third kappa shape index (κ3) is 3.43. The van der Waals surface area contributed by atoms with Crippen molar-refractivity contribution in [2.75, 3.05) is 5.75 Å². The van der Waals surface area contributed by atoms with Gasteiger partial charge < -0.3 is 4.79 Å². The Morgan fingerprint density at radius 2 is 2.45 bits per heavy atom. The van der Waals surface area contributed by atoms with Crippen LogP contribution in [-0.4, -0.2) is 17.0 Å². The minimum atomic E-state index is 0.515. The number of aldehydes is 1. The number of rotatable bonds is 4. The molecule has 0 unspecified atom stereocenters. The number of hydrogen-bond donors (Lipinski definition) is 0. The van der Waals surface area contributed by atoms with Crippen molar-refractivity contribution in [2.24, 2.45) is 0 Å². The normalized spacial score (nSPS) is 9.45. The highest BCUT2D eigenvalue weighted by atomic mass is 33.1. The van der Waals surface area contributed by atoms with Crippen LogP contribution in [0.5, 0.6) is 0 Å². The van der Waals surface area contributed by atoms with Crippen molar-refractivity contribution in [1.29, 1.82) is 0 Å². The van der Waals surface area contributed by atoms with Crippen LogP contribution in [-0.2, 0) is 4.79 Å². The lowest BCUT2D eigenvalue weighted by Crippen LogP contribution is -1.76. The summed E-state index contributed by atoms with van der Waals surface area (Å²) in [4.78, 5) is 14.0. The third-order valence-corrected chi connectivity index (χ3v) is 2.99. The summed E-state index contributed by atoms with van der Waals surface area (Å²) in [5, 5.41) is 0.944. The second kappa shape index (κ2) is 5.21. The summed E-state index contributed by atoms with van der Waals surface area (Å²) in [6.07, 6.45) is 2.63. The van der Waals surface area contributed by atoms with E-state index in [0.717, 1.165) is 11.3 Å². The van der Waals surface area contributed by atoms with Crippen molar-refractivity contribution in [3.8, 4) is 0 Å². The zero-order valence-electron chi connectivity index (χ0n) is 5.77. The average Bonchev–Trinajstić information content (AvgIpc) is 2.07. The van der Waals surface area contributed by atoms with Crippen LogP contribution in [0, 0.1) is 0 Å². The van der Waals surface area contributed by atoms with E-state index >= 15 is 0 Å². The summed E-state index contributed by atoms with van der Waals surface area (Å²) in [6.45, 7) is 0. The van der Waals surface area contributed by atoms with Gasteiger partial charge in [0.05, 0.1) is 5.75 Å². The van der Waals surface area contributed by atoms with Gasteiger partial charge in [0.15, 0.2) is 0 Å². The zero-order valence-corrected chi connectivity index (χ0v) is 7.40. The molecule has 0 spiro atoms. The van der Waals surface area contributed by atoms with E-state index < -0.39 is 0 Å². The van der Waals surface area contributed by atoms with Crippen molar-refractivity contribution >= 4 is 27.9 Å². The van der Waals surface area contributed by atoms with Crippen LogP contribution in [0.3, 0.4) is 0 Å². The molecule has 0 aliphatic carbocycles. The van der Waals surface area contributed by atoms with Crippen LogP contribution < -0.4 is 0 Å². The standard InChI is InChI=1S/C7H7NOS2/c9-5-6-10-11-7-3-1-2-4-8-7/h1-5H,6H2. The van der Waals surface area contributed by atoms with Crippen molar-refractivity contribution < 1.29 is 4.79 Å². The second-order valence-corrected chi connectivity index (χ2v) is 4.06. The molecule has 0 saturated heterocycles. The Hall–Kier alpha value is -0.480. The first kappa shape index (κ1) is 8.62. The smallest absolute Gasteiger partial charge is 0.130 e. The maximum absolute atomic E-state index is 9.94. The van der Waals surface area contributed by atoms with Gasteiger partial charge in [-0.2, -0.15) is 0 Å². The van der Waals surface area contributed by atoms with Gasteiger partial charge in [-0.3, -0.25) is 0 Å². The number of hydrogen-bond acceptors (Lipinski definition) is 4. The van der Waals surface area contributed by atoms with Gasteiger partial charge in [0.2, 0.25) is 0 Å². The van der Waals surface area contributed by atoms with Crippen molar-refractivity contribution in [2.45, 2.75) is 5.03 Å². The monoisotopic (exact) mass is 185 g/mol. The lowest BCUT2D eigenvalue weighted by atomic mass is 10.5. The van der Waals surface area contributed by atoms with Gasteiger partial charge >= 0.3 is 0 Å². The van der Waals surface area contributed by atoms with Gasteiger partial charge in [-0.05, 0) is 22.9 Å². The van der Waals surface area contributed by atoms with Gasteiger partial charge in [-0.25, -0.2) is 4.98 Å². The van der Waals surface area contributed by atoms with E-state index in [-0.39, 0.29) is 0 Å². The van der Waals surface area contributed by atoms with E-state index in [9.17, 15) is 4.79 Å². The molecule has 0 saturated carbocycles. The van der Waals surface area contributed by atoms with Crippen LogP contribution in [0.4, 0.5) is 0 Å². The summed E-state index contributed by atoms with van der Waals surface area (Å²) in [5.74, 6) is 0.515. The molecule has 0 aliphatic rings. The fraction of sp³-hybridized carbons (Fsp3) is 0.143. The lowest BCUT2D eigenvalue weighted by Gasteiger charge is -1.93. The second-order valence-electron chi connectivity index (χ2n) is 1.70. The molecule has 0 atom stereocenters. The number of nitrogens with zero attached hydrogens (tertiary/aromatic N) is 1. The topological polar surface area (TPSA) is 30.0 Å². The molecule has 58 valence electrons. The summed E-state index contributed by atoms with van der Waals surface area (Å²) < 4.78 is 0. The molecule has 1 aromatic rings. The first-order chi connectivity index (χ1) is 5.43. The van der Waals surface area contributed by atoms with E-state index in [1.807, 2.05) is 18.2 Å². The molecule has 0 aromatic carbocycles. The fourth-order valence-corrected chi connectivity index (χ4v) is 2.03. The first-order valence-corrected chi connectivity index (χ1v) is 5.39. The van der Waals surface area contributed by atoms with E-state index in [0.29, 0.717) is 5.75 Å². The van der Waals surface area contributed by atoms with Crippen LogP contribution in [0.15, 0.2) is 29.4 Å². The minimum Gasteiger partial charge on any atom is -0.302 e. The molecule has 0 radical (unpaired) electrons. The molecule has 1 heterocycles. The molecule has 0 fully saturated rings. The Labute approximate surface area is 73.2 Å². The molecule has 0 N–H and O–H groups in total. The van der Waals surface area contributed by atoms with E-state index in [4.69, 9.17) is 0 Å². The van der Waals surface area contributed by atoms with Crippen molar-refractivity contribution in [3.63, 3.8) is 0 Å². The Kier molecular flexibility index (Phi) is 4.08. The molecule has 0 amide bonds. The highest BCUT2D eigenvalue weighted by Gasteiger charge is 1.92. The maximum atomic E-state index is 9.94. The lowest BCUT2D eigenvalue weighted by molar-refractivity contribution is -0.105. The maximum Gasteiger partial charge on any atom is 0.130 e. The molecule has 4 heteroatoms. The van der Waals surface area contributed by atoms with Crippen LogP contribution in [0.2, 0.25) is 0 Å². The minimum absolute atomic E-state index is 0.515. The molecular formula is C7H7NOS2. The largest absolute Gasteiger partial charge is 0.302 e. The van der Waals surface area contributed by atoms with Crippen LogP contribution >= 0.6 is 21.6 Å². The van der Waals surface area contributed by atoms with Crippen molar-refractivity contribution in [3.05, 3.63) is 24.4 Å². The van der Waals surface area contributed by atoms with Crippen LogP contribution in [0.25, 0.3) is 0 Å². The van der Waals surface area contributed by atoms with Gasteiger partial charge in [-0.1, -0.05) is 16.9 Å². The number of carbonyl (C=O) groups excluding carboxylic acids is 1. The molecule has 0 bridgehead atoms. The Bertz CT molecular complexity index is 215. The average molecular weight is 185 g/mol. The van der Waals surface area contributed by atoms with Crippen molar-refractivity contribution in [1.82, 2.24) is 4.98 Å². The molecule has 11 heavy (non-hydrogen) atoms. The predicted octanol–water partition coefficient (Wildman–Crippen LogP) is 2.02. The summed E-state index contributed by atoms with van der Waals surface area (Å²) in [6, 6.07) is 5.72. The van der Waals surface area contributed by atoms with Crippen LogP contribution in [0.1, 0.15) is 0 Å². The number of carbonyl (C=O) groups is 1. The van der Waals surface area contributed by atoms with E-state index in [1.54, 1.807) is 6.20 Å². The first-order valence-electron chi connectivity index (χ1n) is 3.07. The van der Waals surface area contributed by atoms with Gasteiger partial charge in [-0.15, -0.1) is 0 Å². The SMILES string of the molecule is O=CCSSc1ccccn1.